The van der Waals surface area contributed by atoms with Crippen LogP contribution in [0.4, 0.5) is 5.82 Å². The van der Waals surface area contributed by atoms with Crippen LogP contribution in [0, 0.1) is 0 Å². The number of hydrogen-bond acceptors (Lipinski definition) is 5. The van der Waals surface area contributed by atoms with E-state index < -0.39 is 13.5 Å². The van der Waals surface area contributed by atoms with E-state index in [1.54, 1.807) is 18.0 Å². The molecule has 1 amide bonds. The number of amides is 1. The molecule has 1 spiro atoms. The zero-order valence-electron chi connectivity index (χ0n) is 18.8. The predicted octanol–water partition coefficient (Wildman–Crippen LogP) is 3.67. The SMILES string of the molecule is CCOC(=O)c1cc2c([nH]1)CC[C@]1(C2)C(=O)N(COCC[Si](C)(C)C)c2ncccc21. The Bertz CT molecular complexity index is 997. The molecule has 0 bridgehead atoms. The van der Waals surface area contributed by atoms with E-state index in [0.717, 1.165) is 22.9 Å². The number of esters is 1. The van der Waals surface area contributed by atoms with Crippen molar-refractivity contribution in [2.75, 3.05) is 24.8 Å². The molecule has 166 valence electrons. The van der Waals surface area contributed by atoms with Crippen molar-refractivity contribution in [3.05, 3.63) is 46.9 Å². The average molecular weight is 442 g/mol. The topological polar surface area (TPSA) is 84.5 Å². The second-order valence-corrected chi connectivity index (χ2v) is 15.2. The summed E-state index contributed by atoms with van der Waals surface area (Å²) < 4.78 is 11.0. The van der Waals surface area contributed by atoms with Crippen molar-refractivity contribution in [2.45, 2.75) is 57.3 Å². The summed E-state index contributed by atoms with van der Waals surface area (Å²) in [6.07, 6.45) is 3.63. The highest BCUT2D eigenvalue weighted by Gasteiger charge is 2.53. The van der Waals surface area contributed by atoms with Crippen molar-refractivity contribution in [3.63, 3.8) is 0 Å². The molecule has 0 radical (unpaired) electrons. The number of H-pyrrole nitrogens is 1. The molecule has 2 aromatic heterocycles. The standard InChI is InChI=1S/C23H31N3O4Si/c1-5-30-21(27)19-13-16-14-23(9-8-18(16)25-19)17-7-6-10-24-20(17)26(22(23)28)15-29-11-12-31(2,3)4/h6-7,10,13,25H,5,8-9,11-12,14-15H2,1-4H3/t23-/m1/s1. The molecule has 0 unspecified atom stereocenters. The second-order valence-electron chi connectivity index (χ2n) is 9.62. The predicted molar refractivity (Wildman–Crippen MR) is 121 cm³/mol. The molecule has 1 atom stereocenters. The molecule has 3 heterocycles. The normalized spacial score (nSPS) is 20.1. The van der Waals surface area contributed by atoms with Gasteiger partial charge in [-0.05, 0) is 49.9 Å². The van der Waals surface area contributed by atoms with E-state index in [2.05, 4.69) is 29.6 Å². The molecular formula is C23H31N3O4Si. The zero-order valence-corrected chi connectivity index (χ0v) is 19.8. The number of aromatic nitrogens is 2. The third kappa shape index (κ3) is 4.06. The number of carbonyl (C=O) groups is 2. The monoisotopic (exact) mass is 441 g/mol. The maximum Gasteiger partial charge on any atom is 0.354 e. The van der Waals surface area contributed by atoms with Crippen LogP contribution in [0.1, 0.15) is 40.7 Å². The van der Waals surface area contributed by atoms with E-state index in [1.165, 1.54) is 0 Å². The van der Waals surface area contributed by atoms with Crippen molar-refractivity contribution < 1.29 is 19.1 Å². The quantitative estimate of drug-likeness (QED) is 0.403. The highest BCUT2D eigenvalue weighted by atomic mass is 28.3. The number of rotatable bonds is 7. The molecule has 7 nitrogen and oxygen atoms in total. The number of anilines is 1. The maximum absolute atomic E-state index is 13.7. The fourth-order valence-corrected chi connectivity index (χ4v) is 5.27. The average Bonchev–Trinajstić information content (AvgIpc) is 3.24. The van der Waals surface area contributed by atoms with Crippen LogP contribution in [0.3, 0.4) is 0 Å². The Hall–Kier alpha value is -2.45. The number of hydrogen-bond donors (Lipinski definition) is 1. The Kier molecular flexibility index (Phi) is 5.78. The molecule has 4 rings (SSSR count). The van der Waals surface area contributed by atoms with Crippen LogP contribution in [-0.2, 0) is 32.5 Å². The summed E-state index contributed by atoms with van der Waals surface area (Å²) in [6, 6.07) is 6.79. The number of carbonyl (C=O) groups excluding carboxylic acids is 2. The number of pyridine rings is 1. The molecule has 2 aliphatic rings. The zero-order chi connectivity index (χ0) is 22.2. The van der Waals surface area contributed by atoms with Gasteiger partial charge in [0.2, 0.25) is 5.91 Å². The second kappa shape index (κ2) is 8.24. The van der Waals surface area contributed by atoms with Crippen LogP contribution in [0.25, 0.3) is 0 Å². The first-order valence-corrected chi connectivity index (χ1v) is 14.7. The number of aromatic amines is 1. The summed E-state index contributed by atoms with van der Waals surface area (Å²) in [4.78, 5) is 35.3. The number of nitrogens with one attached hydrogen (secondary N) is 1. The Balaban J connectivity index is 1.58. The number of ether oxygens (including phenoxy) is 2. The van der Waals surface area contributed by atoms with E-state index in [1.807, 2.05) is 18.2 Å². The van der Waals surface area contributed by atoms with E-state index in [0.29, 0.717) is 44.0 Å². The van der Waals surface area contributed by atoms with Crippen molar-refractivity contribution >= 4 is 25.8 Å². The number of fused-ring (bicyclic) bond motifs is 3. The number of aryl methyl sites for hydroxylation is 1. The first-order valence-electron chi connectivity index (χ1n) is 11.0. The van der Waals surface area contributed by atoms with Gasteiger partial charge >= 0.3 is 5.97 Å². The minimum Gasteiger partial charge on any atom is -0.461 e. The lowest BCUT2D eigenvalue weighted by Crippen LogP contribution is -2.45. The van der Waals surface area contributed by atoms with E-state index in [4.69, 9.17) is 9.47 Å². The van der Waals surface area contributed by atoms with Crippen LogP contribution < -0.4 is 4.90 Å². The van der Waals surface area contributed by atoms with Gasteiger partial charge in [-0.1, -0.05) is 25.7 Å². The minimum absolute atomic E-state index is 0.0405. The van der Waals surface area contributed by atoms with Crippen LogP contribution in [0.15, 0.2) is 24.4 Å². The van der Waals surface area contributed by atoms with Crippen molar-refractivity contribution in [2.24, 2.45) is 0 Å². The first kappa shape index (κ1) is 21.8. The molecule has 31 heavy (non-hydrogen) atoms. The van der Waals surface area contributed by atoms with E-state index in [-0.39, 0.29) is 18.6 Å². The molecule has 1 aliphatic heterocycles. The summed E-state index contributed by atoms with van der Waals surface area (Å²) in [7, 11) is -1.20. The van der Waals surface area contributed by atoms with Gasteiger partial charge in [0.1, 0.15) is 18.2 Å². The largest absolute Gasteiger partial charge is 0.461 e. The van der Waals surface area contributed by atoms with Gasteiger partial charge in [-0.3, -0.25) is 9.69 Å². The molecular weight excluding hydrogens is 410 g/mol. The highest BCUT2D eigenvalue weighted by molar-refractivity contribution is 6.76. The Morgan fingerprint density at radius 2 is 2.16 bits per heavy atom. The lowest BCUT2D eigenvalue weighted by molar-refractivity contribution is -0.124. The third-order valence-electron chi connectivity index (χ3n) is 6.21. The molecule has 0 aromatic carbocycles. The van der Waals surface area contributed by atoms with Gasteiger partial charge in [-0.25, -0.2) is 9.78 Å². The Morgan fingerprint density at radius 1 is 1.35 bits per heavy atom. The van der Waals surface area contributed by atoms with Gasteiger partial charge in [-0.15, -0.1) is 0 Å². The highest BCUT2D eigenvalue weighted by Crippen LogP contribution is 2.48. The molecule has 1 N–H and O–H groups in total. The summed E-state index contributed by atoms with van der Waals surface area (Å²) in [5.41, 5.74) is 2.76. The smallest absolute Gasteiger partial charge is 0.354 e. The number of nitrogens with zero attached hydrogens (tertiary/aromatic N) is 2. The van der Waals surface area contributed by atoms with Crippen LogP contribution in [-0.4, -0.2) is 49.9 Å². The minimum atomic E-state index is -1.20. The van der Waals surface area contributed by atoms with Crippen LogP contribution in [0.5, 0.6) is 0 Å². The first-order chi connectivity index (χ1) is 14.7. The van der Waals surface area contributed by atoms with Crippen molar-refractivity contribution in [1.82, 2.24) is 9.97 Å². The summed E-state index contributed by atoms with van der Waals surface area (Å²) in [5.74, 6) is 0.382. The van der Waals surface area contributed by atoms with Gasteiger partial charge in [0, 0.05) is 32.1 Å². The summed E-state index contributed by atoms with van der Waals surface area (Å²) in [6.45, 7) is 9.93. The van der Waals surface area contributed by atoms with Crippen LogP contribution >= 0.6 is 0 Å². The van der Waals surface area contributed by atoms with E-state index in [9.17, 15) is 9.59 Å². The maximum atomic E-state index is 13.7. The third-order valence-corrected chi connectivity index (χ3v) is 7.91. The van der Waals surface area contributed by atoms with Crippen LogP contribution in [0.2, 0.25) is 25.7 Å². The molecule has 1 aliphatic carbocycles. The molecule has 0 fully saturated rings. The molecule has 2 aromatic rings. The molecule has 0 saturated carbocycles. The molecule has 0 saturated heterocycles. The van der Waals surface area contributed by atoms with Crippen molar-refractivity contribution in [3.8, 4) is 0 Å². The fraction of sp³-hybridized carbons (Fsp3) is 0.522. The van der Waals surface area contributed by atoms with E-state index >= 15 is 0 Å². The van der Waals surface area contributed by atoms with Crippen molar-refractivity contribution in [1.29, 1.82) is 0 Å². The van der Waals surface area contributed by atoms with Gasteiger partial charge in [0.05, 0.1) is 12.0 Å². The summed E-state index contributed by atoms with van der Waals surface area (Å²) in [5, 5.41) is 0. The van der Waals surface area contributed by atoms with Gasteiger partial charge in [0.15, 0.2) is 0 Å². The Morgan fingerprint density at radius 3 is 2.90 bits per heavy atom. The lowest BCUT2D eigenvalue weighted by Gasteiger charge is -2.32. The Labute approximate surface area is 184 Å². The van der Waals surface area contributed by atoms with Gasteiger partial charge in [0.25, 0.3) is 0 Å². The van der Waals surface area contributed by atoms with Gasteiger partial charge < -0.3 is 14.5 Å². The molecule has 8 heteroatoms. The van der Waals surface area contributed by atoms with Gasteiger partial charge in [-0.2, -0.15) is 0 Å². The lowest BCUT2D eigenvalue weighted by atomic mass is 9.70. The fourth-order valence-electron chi connectivity index (χ4n) is 4.51. The summed E-state index contributed by atoms with van der Waals surface area (Å²) >= 11 is 0.